The van der Waals surface area contributed by atoms with Gasteiger partial charge in [-0.2, -0.15) is 5.10 Å². The van der Waals surface area contributed by atoms with Crippen molar-refractivity contribution in [3.05, 3.63) is 35.8 Å². The average Bonchev–Trinajstić information content (AvgIpc) is 2.76. The third-order valence-electron chi connectivity index (χ3n) is 2.52. The molecule has 2 aromatic rings. The summed E-state index contributed by atoms with van der Waals surface area (Å²) in [6.07, 6.45) is 3.58. The van der Waals surface area contributed by atoms with Crippen LogP contribution in [0.25, 0.3) is 5.82 Å². The van der Waals surface area contributed by atoms with Crippen LogP contribution in [0.5, 0.6) is 5.75 Å². The molecule has 0 spiro atoms. The molecule has 0 saturated heterocycles. The van der Waals surface area contributed by atoms with Crippen molar-refractivity contribution < 1.29 is 9.84 Å². The number of hydrogen-bond acceptors (Lipinski definition) is 4. The summed E-state index contributed by atoms with van der Waals surface area (Å²) in [6.45, 7) is 5.80. The van der Waals surface area contributed by atoms with Gasteiger partial charge >= 0.3 is 0 Å². The zero-order valence-electron chi connectivity index (χ0n) is 10.8. The number of pyridine rings is 1. The molecule has 0 atom stereocenters. The van der Waals surface area contributed by atoms with E-state index in [1.165, 1.54) is 0 Å². The second-order valence-corrected chi connectivity index (χ2v) is 4.36. The van der Waals surface area contributed by atoms with E-state index in [9.17, 15) is 0 Å². The minimum absolute atomic E-state index is 0.0000684. The van der Waals surface area contributed by atoms with Crippen molar-refractivity contribution in [1.82, 2.24) is 14.8 Å². The van der Waals surface area contributed by atoms with Crippen molar-refractivity contribution in [1.29, 1.82) is 0 Å². The van der Waals surface area contributed by atoms with Crippen LogP contribution in [-0.2, 0) is 6.61 Å². The number of aliphatic hydroxyl groups is 1. The highest BCUT2D eigenvalue weighted by atomic mass is 16.5. The maximum Gasteiger partial charge on any atom is 0.158 e. The molecule has 0 unspecified atom stereocenters. The molecular formula is C13H17N3O2. The zero-order chi connectivity index (χ0) is 13.1. The Hall–Kier alpha value is -1.88. The normalized spacial score (nSPS) is 10.9. The monoisotopic (exact) mass is 247 g/mol. The molecule has 18 heavy (non-hydrogen) atoms. The highest BCUT2D eigenvalue weighted by molar-refractivity contribution is 5.30. The lowest BCUT2D eigenvalue weighted by Gasteiger charge is -2.06. The van der Waals surface area contributed by atoms with Gasteiger partial charge in [0.05, 0.1) is 25.1 Å². The van der Waals surface area contributed by atoms with Gasteiger partial charge in [-0.1, -0.05) is 6.07 Å². The first-order chi connectivity index (χ1) is 8.60. The first-order valence-electron chi connectivity index (χ1n) is 5.89. The van der Waals surface area contributed by atoms with Crippen LogP contribution >= 0.6 is 0 Å². The van der Waals surface area contributed by atoms with Gasteiger partial charge in [-0.25, -0.2) is 9.67 Å². The van der Waals surface area contributed by atoms with E-state index in [-0.39, 0.29) is 12.7 Å². The predicted molar refractivity (Wildman–Crippen MR) is 67.8 cm³/mol. The molecule has 0 aliphatic heterocycles. The predicted octanol–water partition coefficient (Wildman–Crippen LogP) is 1.86. The first-order valence-corrected chi connectivity index (χ1v) is 5.89. The Morgan fingerprint density at radius 3 is 2.78 bits per heavy atom. The summed E-state index contributed by atoms with van der Waals surface area (Å²) in [7, 11) is 0. The largest absolute Gasteiger partial charge is 0.488 e. The summed E-state index contributed by atoms with van der Waals surface area (Å²) >= 11 is 0. The minimum atomic E-state index is -0.0000684. The number of aliphatic hydroxyl groups excluding tert-OH is 1. The number of ether oxygens (including phenoxy) is 1. The van der Waals surface area contributed by atoms with Crippen LogP contribution in [-0.4, -0.2) is 26.0 Å². The quantitative estimate of drug-likeness (QED) is 0.895. The van der Waals surface area contributed by atoms with Crippen LogP contribution in [0.15, 0.2) is 24.5 Å². The van der Waals surface area contributed by atoms with Gasteiger partial charge in [0.2, 0.25) is 0 Å². The summed E-state index contributed by atoms with van der Waals surface area (Å²) in [5.41, 5.74) is 1.63. The van der Waals surface area contributed by atoms with E-state index in [0.717, 1.165) is 17.0 Å². The van der Waals surface area contributed by atoms with E-state index in [1.54, 1.807) is 17.1 Å². The summed E-state index contributed by atoms with van der Waals surface area (Å²) in [6, 6.07) is 3.67. The van der Waals surface area contributed by atoms with Gasteiger partial charge in [-0.05, 0) is 32.4 Å². The molecule has 0 aliphatic rings. The van der Waals surface area contributed by atoms with Crippen molar-refractivity contribution in [2.75, 3.05) is 0 Å². The molecule has 0 amide bonds. The van der Waals surface area contributed by atoms with E-state index >= 15 is 0 Å². The van der Waals surface area contributed by atoms with Gasteiger partial charge in [-0.3, -0.25) is 0 Å². The highest BCUT2D eigenvalue weighted by Crippen LogP contribution is 2.15. The van der Waals surface area contributed by atoms with Crippen molar-refractivity contribution in [2.24, 2.45) is 0 Å². The van der Waals surface area contributed by atoms with E-state index < -0.39 is 0 Å². The van der Waals surface area contributed by atoms with E-state index in [2.05, 4.69) is 10.1 Å². The Morgan fingerprint density at radius 1 is 1.39 bits per heavy atom. The Balaban J connectivity index is 2.26. The van der Waals surface area contributed by atoms with Crippen LogP contribution in [0, 0.1) is 6.92 Å². The molecule has 0 saturated carbocycles. The number of nitrogens with zero attached hydrogens (tertiary/aromatic N) is 3. The van der Waals surface area contributed by atoms with E-state index in [0.29, 0.717) is 5.82 Å². The number of aryl methyl sites for hydroxylation is 1. The lowest BCUT2D eigenvalue weighted by molar-refractivity contribution is 0.242. The van der Waals surface area contributed by atoms with E-state index in [1.807, 2.05) is 32.9 Å². The number of rotatable bonds is 4. The van der Waals surface area contributed by atoms with Gasteiger partial charge in [0.1, 0.15) is 0 Å². The van der Waals surface area contributed by atoms with Gasteiger partial charge in [0.15, 0.2) is 11.6 Å². The maximum atomic E-state index is 9.10. The SMILES string of the molecule is Cc1nc(-n2cc(OC(C)C)cn2)ccc1CO. The molecule has 5 heteroatoms. The summed E-state index contributed by atoms with van der Waals surface area (Å²) in [4.78, 5) is 4.39. The molecular weight excluding hydrogens is 230 g/mol. The molecule has 0 fully saturated rings. The maximum absolute atomic E-state index is 9.10. The Bertz CT molecular complexity index is 535. The molecule has 0 bridgehead atoms. The molecule has 1 N–H and O–H groups in total. The molecule has 96 valence electrons. The molecule has 0 aromatic carbocycles. The Morgan fingerprint density at radius 2 is 2.17 bits per heavy atom. The van der Waals surface area contributed by atoms with E-state index in [4.69, 9.17) is 9.84 Å². The summed E-state index contributed by atoms with van der Waals surface area (Å²) < 4.78 is 7.20. The van der Waals surface area contributed by atoms with Crippen LogP contribution in [0.3, 0.4) is 0 Å². The van der Waals surface area contributed by atoms with Crippen LogP contribution in [0.2, 0.25) is 0 Å². The highest BCUT2D eigenvalue weighted by Gasteiger charge is 2.06. The van der Waals surface area contributed by atoms with Crippen LogP contribution < -0.4 is 4.74 Å². The fraction of sp³-hybridized carbons (Fsp3) is 0.385. The van der Waals surface area contributed by atoms with Crippen LogP contribution in [0.4, 0.5) is 0 Å². The first kappa shape index (κ1) is 12.6. The number of aromatic nitrogens is 3. The molecule has 2 aromatic heterocycles. The van der Waals surface area contributed by atoms with Gasteiger partial charge in [-0.15, -0.1) is 0 Å². The fourth-order valence-corrected chi connectivity index (χ4v) is 1.64. The molecule has 0 aliphatic carbocycles. The Labute approximate surface area is 106 Å². The zero-order valence-corrected chi connectivity index (χ0v) is 10.8. The summed E-state index contributed by atoms with van der Waals surface area (Å²) in [5, 5.41) is 13.3. The van der Waals surface area contributed by atoms with Gasteiger partial charge in [0, 0.05) is 5.69 Å². The van der Waals surface area contributed by atoms with Crippen molar-refractivity contribution in [3.8, 4) is 11.6 Å². The van der Waals surface area contributed by atoms with Gasteiger partial charge in [0.25, 0.3) is 0 Å². The molecule has 0 radical (unpaired) electrons. The van der Waals surface area contributed by atoms with Crippen LogP contribution in [0.1, 0.15) is 25.1 Å². The molecule has 5 nitrogen and oxygen atoms in total. The smallest absolute Gasteiger partial charge is 0.158 e. The van der Waals surface area contributed by atoms with Crippen molar-refractivity contribution in [2.45, 2.75) is 33.5 Å². The fourth-order valence-electron chi connectivity index (χ4n) is 1.64. The average molecular weight is 247 g/mol. The third-order valence-corrected chi connectivity index (χ3v) is 2.52. The summed E-state index contributed by atoms with van der Waals surface area (Å²) in [5.74, 6) is 1.43. The lowest BCUT2D eigenvalue weighted by Crippen LogP contribution is -2.05. The third kappa shape index (κ3) is 2.68. The standard InChI is InChI=1S/C13H17N3O2/c1-9(2)18-12-6-14-16(7-12)13-5-4-11(8-17)10(3)15-13/h4-7,9,17H,8H2,1-3H3. The second-order valence-electron chi connectivity index (χ2n) is 4.36. The van der Waals surface area contributed by atoms with Crippen molar-refractivity contribution in [3.63, 3.8) is 0 Å². The molecule has 2 heterocycles. The Kier molecular flexibility index (Phi) is 3.62. The minimum Gasteiger partial charge on any atom is -0.488 e. The second kappa shape index (κ2) is 5.18. The molecule has 2 rings (SSSR count). The van der Waals surface area contributed by atoms with Gasteiger partial charge < -0.3 is 9.84 Å². The number of hydrogen-bond donors (Lipinski definition) is 1. The van der Waals surface area contributed by atoms with Crippen molar-refractivity contribution >= 4 is 0 Å². The topological polar surface area (TPSA) is 60.2 Å². The lowest BCUT2D eigenvalue weighted by atomic mass is 10.2.